The van der Waals surface area contributed by atoms with E-state index in [0.717, 1.165) is 15.7 Å². The fourth-order valence-corrected chi connectivity index (χ4v) is 2.07. The van der Waals surface area contributed by atoms with Gasteiger partial charge in [0.2, 0.25) is 0 Å². The van der Waals surface area contributed by atoms with Crippen molar-refractivity contribution >= 4 is 39.1 Å². The number of hydrogen-bond acceptors (Lipinski definition) is 5. The number of rotatable bonds is 3. The molecule has 0 bridgehead atoms. The SMILES string of the molecule is COC(=O)c1cc(Nc2cccc(Br)c2C)ncc1N. The van der Waals surface area contributed by atoms with Crippen LogP contribution in [0.4, 0.5) is 17.2 Å². The number of carbonyl (C=O) groups excluding carboxylic acids is 1. The molecule has 3 N–H and O–H groups in total. The summed E-state index contributed by atoms with van der Waals surface area (Å²) in [5.74, 6) is 0.0414. The van der Waals surface area contributed by atoms with Crippen molar-refractivity contribution in [2.75, 3.05) is 18.2 Å². The van der Waals surface area contributed by atoms with Crippen LogP contribution in [0.5, 0.6) is 0 Å². The van der Waals surface area contributed by atoms with Crippen LogP contribution in [0.1, 0.15) is 15.9 Å². The smallest absolute Gasteiger partial charge is 0.340 e. The molecule has 0 atom stereocenters. The van der Waals surface area contributed by atoms with Gasteiger partial charge in [0, 0.05) is 10.2 Å². The summed E-state index contributed by atoms with van der Waals surface area (Å²) in [5.41, 5.74) is 8.23. The first-order chi connectivity index (χ1) is 9.52. The number of nitrogens with two attached hydrogens (primary N) is 1. The minimum absolute atomic E-state index is 0.286. The van der Waals surface area contributed by atoms with Gasteiger partial charge in [-0.3, -0.25) is 0 Å². The first-order valence-electron chi connectivity index (χ1n) is 5.89. The van der Waals surface area contributed by atoms with E-state index in [1.165, 1.54) is 13.3 Å². The molecule has 20 heavy (non-hydrogen) atoms. The number of anilines is 3. The number of methoxy groups -OCH3 is 1. The summed E-state index contributed by atoms with van der Waals surface area (Å²) in [5, 5.41) is 3.16. The quantitative estimate of drug-likeness (QED) is 0.842. The number of halogens is 1. The van der Waals surface area contributed by atoms with Crippen molar-refractivity contribution in [1.29, 1.82) is 0 Å². The molecule has 0 aliphatic heterocycles. The maximum atomic E-state index is 11.6. The van der Waals surface area contributed by atoms with Gasteiger partial charge in [-0.1, -0.05) is 22.0 Å². The third kappa shape index (κ3) is 2.91. The van der Waals surface area contributed by atoms with Gasteiger partial charge < -0.3 is 15.8 Å². The largest absolute Gasteiger partial charge is 0.465 e. The fraction of sp³-hybridized carbons (Fsp3) is 0.143. The van der Waals surface area contributed by atoms with E-state index in [1.807, 2.05) is 25.1 Å². The van der Waals surface area contributed by atoms with E-state index < -0.39 is 5.97 Å². The molecule has 0 aliphatic carbocycles. The Balaban J connectivity index is 2.35. The third-order valence-corrected chi connectivity index (χ3v) is 3.73. The first kappa shape index (κ1) is 14.3. The molecule has 0 aliphatic rings. The summed E-state index contributed by atoms with van der Waals surface area (Å²) in [7, 11) is 1.31. The molecule has 1 heterocycles. The number of aromatic nitrogens is 1. The zero-order valence-electron chi connectivity index (χ0n) is 11.1. The Morgan fingerprint density at radius 1 is 1.45 bits per heavy atom. The molecule has 5 nitrogen and oxygen atoms in total. The summed E-state index contributed by atoms with van der Waals surface area (Å²) >= 11 is 3.47. The Bertz CT molecular complexity index is 659. The standard InChI is InChI=1S/C14H14BrN3O2/c1-8-10(15)4-3-5-12(8)18-13-6-9(14(19)20-2)11(16)7-17-13/h3-7H,16H2,1-2H3,(H,17,18). The van der Waals surface area contributed by atoms with Gasteiger partial charge in [-0.2, -0.15) is 0 Å². The number of nitrogens with one attached hydrogen (secondary N) is 1. The number of nitrogens with zero attached hydrogens (tertiary/aromatic N) is 1. The topological polar surface area (TPSA) is 77.2 Å². The van der Waals surface area contributed by atoms with Gasteiger partial charge in [0.05, 0.1) is 24.6 Å². The summed E-state index contributed by atoms with van der Waals surface area (Å²) in [4.78, 5) is 15.8. The minimum atomic E-state index is -0.487. The minimum Gasteiger partial charge on any atom is -0.465 e. The number of ether oxygens (including phenoxy) is 1. The van der Waals surface area contributed by atoms with Crippen molar-refractivity contribution < 1.29 is 9.53 Å². The summed E-state index contributed by atoms with van der Waals surface area (Å²) in [6.45, 7) is 1.98. The average molecular weight is 336 g/mol. The van der Waals surface area contributed by atoms with Crippen molar-refractivity contribution in [3.8, 4) is 0 Å². The predicted molar refractivity (Wildman–Crippen MR) is 82.2 cm³/mol. The highest BCUT2D eigenvalue weighted by Gasteiger charge is 2.12. The van der Waals surface area contributed by atoms with E-state index in [4.69, 9.17) is 5.73 Å². The molecular weight excluding hydrogens is 322 g/mol. The van der Waals surface area contributed by atoms with Crippen LogP contribution in [0.25, 0.3) is 0 Å². The van der Waals surface area contributed by atoms with Gasteiger partial charge in [0.1, 0.15) is 5.82 Å². The fourth-order valence-electron chi connectivity index (χ4n) is 1.70. The Labute approximate surface area is 125 Å². The molecule has 0 saturated heterocycles. The predicted octanol–water partition coefficient (Wildman–Crippen LogP) is 3.26. The molecule has 6 heteroatoms. The van der Waals surface area contributed by atoms with Crippen molar-refractivity contribution in [3.05, 3.63) is 46.1 Å². The summed E-state index contributed by atoms with van der Waals surface area (Å²) in [6.07, 6.45) is 1.43. The maximum absolute atomic E-state index is 11.6. The molecule has 0 spiro atoms. The average Bonchev–Trinajstić information content (AvgIpc) is 2.45. The number of nitrogen functional groups attached to an aromatic ring is 1. The molecule has 0 fully saturated rings. The molecule has 0 radical (unpaired) electrons. The van der Waals surface area contributed by atoms with Crippen LogP contribution in [-0.2, 0) is 4.74 Å². The lowest BCUT2D eigenvalue weighted by molar-refractivity contribution is 0.0602. The van der Waals surface area contributed by atoms with Crippen molar-refractivity contribution in [2.45, 2.75) is 6.92 Å². The summed E-state index contributed by atoms with van der Waals surface area (Å²) in [6, 6.07) is 7.37. The number of benzene rings is 1. The second kappa shape index (κ2) is 5.92. The molecule has 0 unspecified atom stereocenters. The molecule has 0 amide bonds. The normalized spacial score (nSPS) is 10.2. The van der Waals surface area contributed by atoms with E-state index in [0.29, 0.717) is 5.82 Å². The van der Waals surface area contributed by atoms with Gasteiger partial charge in [-0.25, -0.2) is 9.78 Å². The summed E-state index contributed by atoms with van der Waals surface area (Å²) < 4.78 is 5.67. The van der Waals surface area contributed by atoms with E-state index in [1.54, 1.807) is 6.07 Å². The molecule has 2 aromatic rings. The van der Waals surface area contributed by atoms with Crippen LogP contribution in [-0.4, -0.2) is 18.1 Å². The second-order valence-corrected chi connectivity index (χ2v) is 5.04. The lowest BCUT2D eigenvalue weighted by atomic mass is 10.2. The van der Waals surface area contributed by atoms with Gasteiger partial charge in [-0.05, 0) is 30.7 Å². The van der Waals surface area contributed by atoms with Crippen LogP contribution in [0.3, 0.4) is 0 Å². The van der Waals surface area contributed by atoms with Crippen molar-refractivity contribution in [1.82, 2.24) is 4.98 Å². The van der Waals surface area contributed by atoms with E-state index in [9.17, 15) is 4.79 Å². The van der Waals surface area contributed by atoms with Crippen LogP contribution < -0.4 is 11.1 Å². The molecule has 1 aromatic carbocycles. The second-order valence-electron chi connectivity index (χ2n) is 4.19. The highest BCUT2D eigenvalue weighted by atomic mass is 79.9. The molecule has 0 saturated carbocycles. The van der Waals surface area contributed by atoms with Crippen LogP contribution >= 0.6 is 15.9 Å². The van der Waals surface area contributed by atoms with E-state index >= 15 is 0 Å². The Hall–Kier alpha value is -2.08. The Kier molecular flexibility index (Phi) is 4.24. The lowest BCUT2D eigenvalue weighted by Gasteiger charge is -2.11. The number of pyridine rings is 1. The van der Waals surface area contributed by atoms with Gasteiger partial charge in [0.25, 0.3) is 0 Å². The lowest BCUT2D eigenvalue weighted by Crippen LogP contribution is -2.07. The van der Waals surface area contributed by atoms with Crippen molar-refractivity contribution in [3.63, 3.8) is 0 Å². The highest BCUT2D eigenvalue weighted by molar-refractivity contribution is 9.10. The number of hydrogen-bond donors (Lipinski definition) is 2. The zero-order valence-corrected chi connectivity index (χ0v) is 12.7. The molecular formula is C14H14BrN3O2. The van der Waals surface area contributed by atoms with Crippen LogP contribution in [0, 0.1) is 6.92 Å². The van der Waals surface area contributed by atoms with Gasteiger partial charge in [-0.15, -0.1) is 0 Å². The Morgan fingerprint density at radius 3 is 2.90 bits per heavy atom. The third-order valence-electron chi connectivity index (χ3n) is 2.87. The van der Waals surface area contributed by atoms with E-state index in [2.05, 4.69) is 31.0 Å². The molecule has 2 rings (SSSR count). The number of esters is 1. The first-order valence-corrected chi connectivity index (χ1v) is 6.68. The Morgan fingerprint density at radius 2 is 2.20 bits per heavy atom. The van der Waals surface area contributed by atoms with Crippen LogP contribution in [0.2, 0.25) is 0 Å². The monoisotopic (exact) mass is 335 g/mol. The number of carbonyl (C=O) groups is 1. The van der Waals surface area contributed by atoms with E-state index in [-0.39, 0.29) is 11.3 Å². The van der Waals surface area contributed by atoms with Crippen molar-refractivity contribution in [2.24, 2.45) is 0 Å². The van der Waals surface area contributed by atoms with Gasteiger partial charge in [0.15, 0.2) is 0 Å². The van der Waals surface area contributed by atoms with Crippen LogP contribution in [0.15, 0.2) is 34.9 Å². The zero-order chi connectivity index (χ0) is 14.7. The molecule has 104 valence electrons. The van der Waals surface area contributed by atoms with Gasteiger partial charge >= 0.3 is 5.97 Å². The highest BCUT2D eigenvalue weighted by Crippen LogP contribution is 2.26. The molecule has 1 aromatic heterocycles. The maximum Gasteiger partial charge on any atom is 0.340 e.